The molecule has 1 aromatic heterocycles. The predicted molar refractivity (Wildman–Crippen MR) is 85.9 cm³/mol. The third-order valence-electron chi connectivity index (χ3n) is 3.63. The number of hydrogen-bond donors (Lipinski definition) is 2. The summed E-state index contributed by atoms with van der Waals surface area (Å²) in [5, 5.41) is 1.17. The average molecular weight is 289 g/mol. The Hall–Kier alpha value is -1.23. The molecule has 1 unspecified atom stereocenters. The monoisotopic (exact) mass is 289 g/mol. The average Bonchev–Trinajstić information content (AvgIpc) is 2.75. The molecule has 0 radical (unpaired) electrons. The Morgan fingerprint density at radius 1 is 1.20 bits per heavy atom. The summed E-state index contributed by atoms with van der Waals surface area (Å²) < 4.78 is 0. The van der Waals surface area contributed by atoms with Gasteiger partial charge < -0.3 is 0 Å². The maximum absolute atomic E-state index is 5.68. The highest BCUT2D eigenvalue weighted by atomic mass is 32.1. The largest absolute Gasteiger partial charge is 0.271 e. The Bertz CT molecular complexity index is 526. The van der Waals surface area contributed by atoms with Crippen molar-refractivity contribution in [3.63, 3.8) is 0 Å². The summed E-state index contributed by atoms with van der Waals surface area (Å²) in [5.41, 5.74) is 6.73. The number of hydrazine groups is 1. The minimum Gasteiger partial charge on any atom is -0.271 e. The molecule has 2 aromatic rings. The zero-order chi connectivity index (χ0) is 14.5. The molecule has 0 spiro atoms. The fourth-order valence-electron chi connectivity index (χ4n) is 2.18. The highest BCUT2D eigenvalue weighted by Crippen LogP contribution is 2.19. The number of thiazole rings is 1. The van der Waals surface area contributed by atoms with Gasteiger partial charge in [-0.05, 0) is 39.2 Å². The number of hydrogen-bond acceptors (Lipinski definition) is 4. The van der Waals surface area contributed by atoms with Gasteiger partial charge in [0.05, 0.1) is 10.7 Å². The van der Waals surface area contributed by atoms with Crippen molar-refractivity contribution in [3.8, 4) is 0 Å². The normalized spacial score (nSPS) is 12.6. The summed E-state index contributed by atoms with van der Waals surface area (Å²) >= 11 is 1.78. The summed E-state index contributed by atoms with van der Waals surface area (Å²) in [6.07, 6.45) is 2.97. The number of rotatable bonds is 6. The third kappa shape index (κ3) is 4.13. The van der Waals surface area contributed by atoms with Gasteiger partial charge in [0.2, 0.25) is 0 Å². The van der Waals surface area contributed by atoms with Gasteiger partial charge in [0.1, 0.15) is 0 Å². The van der Waals surface area contributed by atoms with Crippen LogP contribution in [0.25, 0.3) is 0 Å². The van der Waals surface area contributed by atoms with Gasteiger partial charge >= 0.3 is 0 Å². The van der Waals surface area contributed by atoms with Crippen molar-refractivity contribution in [3.05, 3.63) is 51.0 Å². The van der Waals surface area contributed by atoms with E-state index in [2.05, 4.69) is 55.4 Å². The zero-order valence-electron chi connectivity index (χ0n) is 12.4. The number of nitrogens with one attached hydrogen (secondary N) is 1. The first-order chi connectivity index (χ1) is 9.58. The molecular formula is C16H23N3S. The van der Waals surface area contributed by atoms with Gasteiger partial charge in [-0.25, -0.2) is 4.98 Å². The van der Waals surface area contributed by atoms with Gasteiger partial charge in [0.15, 0.2) is 0 Å². The Morgan fingerprint density at radius 2 is 1.90 bits per heavy atom. The standard InChI is InChI=1S/C16H23N3S/c1-11-4-6-14(7-5-11)8-9-15(19-17)10-16-18-12(2)13(3)20-16/h4-7,15,19H,8-10,17H2,1-3H3. The van der Waals surface area contributed by atoms with Crippen LogP contribution in [0.5, 0.6) is 0 Å². The summed E-state index contributed by atoms with van der Waals surface area (Å²) in [4.78, 5) is 5.89. The van der Waals surface area contributed by atoms with Crippen LogP contribution in [-0.4, -0.2) is 11.0 Å². The van der Waals surface area contributed by atoms with Crippen LogP contribution in [0.1, 0.15) is 33.1 Å². The van der Waals surface area contributed by atoms with Gasteiger partial charge in [-0.15, -0.1) is 11.3 Å². The molecule has 0 saturated heterocycles. The van der Waals surface area contributed by atoms with Crippen molar-refractivity contribution >= 4 is 11.3 Å². The van der Waals surface area contributed by atoms with Gasteiger partial charge in [0, 0.05) is 17.3 Å². The fraction of sp³-hybridized carbons (Fsp3) is 0.438. The van der Waals surface area contributed by atoms with Crippen LogP contribution in [-0.2, 0) is 12.8 Å². The van der Waals surface area contributed by atoms with E-state index < -0.39 is 0 Å². The van der Waals surface area contributed by atoms with Crippen LogP contribution in [0.2, 0.25) is 0 Å². The van der Waals surface area contributed by atoms with Crippen LogP contribution in [0.4, 0.5) is 0 Å². The summed E-state index contributed by atoms with van der Waals surface area (Å²) in [6.45, 7) is 6.29. The van der Waals surface area contributed by atoms with Crippen molar-refractivity contribution in [1.82, 2.24) is 10.4 Å². The first-order valence-electron chi connectivity index (χ1n) is 7.03. The molecule has 108 valence electrons. The summed E-state index contributed by atoms with van der Waals surface area (Å²) in [6, 6.07) is 8.99. The molecule has 0 bridgehead atoms. The quantitative estimate of drug-likeness (QED) is 0.635. The summed E-state index contributed by atoms with van der Waals surface area (Å²) in [7, 11) is 0. The first kappa shape index (κ1) is 15.2. The highest BCUT2D eigenvalue weighted by Gasteiger charge is 2.12. The number of nitrogens with two attached hydrogens (primary N) is 1. The van der Waals surface area contributed by atoms with E-state index in [9.17, 15) is 0 Å². The first-order valence-corrected chi connectivity index (χ1v) is 7.84. The molecule has 0 aliphatic rings. The second-order valence-electron chi connectivity index (χ2n) is 5.34. The highest BCUT2D eigenvalue weighted by molar-refractivity contribution is 7.11. The molecule has 4 heteroatoms. The smallest absolute Gasteiger partial charge is 0.0946 e. The van der Waals surface area contributed by atoms with E-state index in [0.717, 1.165) is 25.0 Å². The molecule has 1 aromatic carbocycles. The van der Waals surface area contributed by atoms with E-state index in [1.165, 1.54) is 21.0 Å². The van der Waals surface area contributed by atoms with E-state index in [1.54, 1.807) is 11.3 Å². The Morgan fingerprint density at radius 3 is 2.45 bits per heavy atom. The van der Waals surface area contributed by atoms with Crippen molar-refractivity contribution < 1.29 is 0 Å². The second-order valence-corrected chi connectivity index (χ2v) is 6.63. The maximum atomic E-state index is 5.68. The molecule has 0 aliphatic carbocycles. The van der Waals surface area contributed by atoms with Crippen LogP contribution in [0, 0.1) is 20.8 Å². The molecule has 3 nitrogen and oxygen atoms in total. The number of nitrogens with zero attached hydrogens (tertiary/aromatic N) is 1. The van der Waals surface area contributed by atoms with Crippen LogP contribution < -0.4 is 11.3 Å². The van der Waals surface area contributed by atoms with E-state index >= 15 is 0 Å². The molecular weight excluding hydrogens is 266 g/mol. The number of benzene rings is 1. The zero-order valence-corrected chi connectivity index (χ0v) is 13.3. The molecule has 1 atom stereocenters. The molecule has 0 aliphatic heterocycles. The van der Waals surface area contributed by atoms with E-state index in [4.69, 9.17) is 5.84 Å². The SMILES string of the molecule is Cc1ccc(CCC(Cc2nc(C)c(C)s2)NN)cc1. The van der Waals surface area contributed by atoms with Gasteiger partial charge in [-0.2, -0.15) is 0 Å². The van der Waals surface area contributed by atoms with Gasteiger partial charge in [-0.1, -0.05) is 29.8 Å². The van der Waals surface area contributed by atoms with E-state index in [-0.39, 0.29) is 6.04 Å². The van der Waals surface area contributed by atoms with E-state index in [0.29, 0.717) is 0 Å². The molecule has 2 rings (SSSR count). The van der Waals surface area contributed by atoms with Gasteiger partial charge in [-0.3, -0.25) is 11.3 Å². The fourth-order valence-corrected chi connectivity index (χ4v) is 3.19. The Labute approximate surface area is 125 Å². The lowest BCUT2D eigenvalue weighted by Crippen LogP contribution is -2.37. The Balaban J connectivity index is 1.90. The molecule has 0 fully saturated rings. The molecule has 1 heterocycles. The second kappa shape index (κ2) is 6.97. The third-order valence-corrected chi connectivity index (χ3v) is 4.73. The molecule has 3 N–H and O–H groups in total. The van der Waals surface area contributed by atoms with E-state index in [1.807, 2.05) is 0 Å². The van der Waals surface area contributed by atoms with Gasteiger partial charge in [0.25, 0.3) is 0 Å². The number of aromatic nitrogens is 1. The maximum Gasteiger partial charge on any atom is 0.0946 e. The minimum absolute atomic E-state index is 0.279. The molecule has 0 amide bonds. The summed E-state index contributed by atoms with van der Waals surface area (Å²) in [5.74, 6) is 5.68. The lowest BCUT2D eigenvalue weighted by Gasteiger charge is -2.14. The van der Waals surface area contributed by atoms with Crippen LogP contribution >= 0.6 is 11.3 Å². The minimum atomic E-state index is 0.279. The van der Waals surface area contributed by atoms with Crippen LogP contribution in [0.15, 0.2) is 24.3 Å². The lowest BCUT2D eigenvalue weighted by atomic mass is 10.0. The number of aryl methyl sites for hydroxylation is 4. The molecule has 20 heavy (non-hydrogen) atoms. The molecule has 0 saturated carbocycles. The van der Waals surface area contributed by atoms with Crippen molar-refractivity contribution in [1.29, 1.82) is 0 Å². The Kier molecular flexibility index (Phi) is 5.29. The topological polar surface area (TPSA) is 50.9 Å². The van der Waals surface area contributed by atoms with Crippen molar-refractivity contribution in [2.24, 2.45) is 5.84 Å². The van der Waals surface area contributed by atoms with Crippen molar-refractivity contribution in [2.75, 3.05) is 0 Å². The predicted octanol–water partition coefficient (Wildman–Crippen LogP) is 3.08. The lowest BCUT2D eigenvalue weighted by molar-refractivity contribution is 0.490. The van der Waals surface area contributed by atoms with Crippen molar-refractivity contribution in [2.45, 2.75) is 46.1 Å². The van der Waals surface area contributed by atoms with Crippen LogP contribution in [0.3, 0.4) is 0 Å².